The minimum atomic E-state index is 0.674. The largest absolute Gasteiger partial charge is 0.497 e. The van der Waals surface area contributed by atoms with Gasteiger partial charge < -0.3 is 14.8 Å². The summed E-state index contributed by atoms with van der Waals surface area (Å²) in [5.41, 5.74) is 1.07. The molecule has 0 radical (unpaired) electrons. The van der Waals surface area contributed by atoms with Crippen LogP contribution in [0, 0.1) is 0 Å². The van der Waals surface area contributed by atoms with Crippen molar-refractivity contribution in [3.63, 3.8) is 0 Å². The number of benzene rings is 1. The first-order valence-electron chi connectivity index (χ1n) is 5.88. The molecule has 1 fully saturated rings. The highest BCUT2D eigenvalue weighted by atomic mass is 35.5. The third-order valence-corrected chi connectivity index (χ3v) is 3.38. The Kier molecular flexibility index (Phi) is 4.13. The molecule has 94 valence electrons. The van der Waals surface area contributed by atoms with E-state index in [0.717, 1.165) is 30.3 Å². The normalized spacial score (nSPS) is 14.8. The third kappa shape index (κ3) is 3.27. The second-order valence-corrected chi connectivity index (χ2v) is 4.66. The van der Waals surface area contributed by atoms with Crippen molar-refractivity contribution in [1.82, 2.24) is 5.32 Å². The van der Waals surface area contributed by atoms with Crippen molar-refractivity contribution in [3.8, 4) is 11.5 Å². The van der Waals surface area contributed by atoms with E-state index in [1.54, 1.807) is 20.3 Å². The molecule has 0 amide bonds. The molecule has 17 heavy (non-hydrogen) atoms. The van der Waals surface area contributed by atoms with Gasteiger partial charge in [-0.3, -0.25) is 0 Å². The van der Waals surface area contributed by atoms with Crippen molar-refractivity contribution in [2.45, 2.75) is 25.3 Å². The van der Waals surface area contributed by atoms with E-state index >= 15 is 0 Å². The lowest BCUT2D eigenvalue weighted by atomic mass is 10.1. The summed E-state index contributed by atoms with van der Waals surface area (Å²) in [5, 5.41) is 4.15. The number of nitrogens with one attached hydrogen (secondary N) is 1. The molecule has 0 aliphatic heterocycles. The van der Waals surface area contributed by atoms with Gasteiger partial charge in [-0.25, -0.2) is 0 Å². The van der Waals surface area contributed by atoms with Crippen molar-refractivity contribution in [1.29, 1.82) is 0 Å². The van der Waals surface area contributed by atoms with E-state index < -0.39 is 0 Å². The molecule has 1 aromatic rings. The molecular formula is C13H18ClNO2. The fourth-order valence-electron chi connectivity index (χ4n) is 1.77. The molecule has 0 aromatic heterocycles. The second-order valence-electron chi connectivity index (χ2n) is 4.28. The molecule has 1 saturated carbocycles. The zero-order chi connectivity index (χ0) is 12.3. The SMILES string of the molecule is COc1cc(CCNC2CC2)c(Cl)c(OC)c1. The Balaban J connectivity index is 2.06. The topological polar surface area (TPSA) is 30.5 Å². The molecule has 3 nitrogen and oxygen atoms in total. The molecule has 0 heterocycles. The van der Waals surface area contributed by atoms with E-state index in [1.165, 1.54) is 12.8 Å². The van der Waals surface area contributed by atoms with Gasteiger partial charge in [-0.15, -0.1) is 0 Å². The van der Waals surface area contributed by atoms with Gasteiger partial charge in [0.15, 0.2) is 0 Å². The highest BCUT2D eigenvalue weighted by molar-refractivity contribution is 6.32. The van der Waals surface area contributed by atoms with E-state index in [9.17, 15) is 0 Å². The molecule has 0 bridgehead atoms. The Labute approximate surface area is 107 Å². The van der Waals surface area contributed by atoms with Crippen molar-refractivity contribution in [3.05, 3.63) is 22.7 Å². The van der Waals surface area contributed by atoms with Gasteiger partial charge in [0, 0.05) is 12.1 Å². The Hall–Kier alpha value is -0.930. The molecule has 1 aliphatic rings. The molecular weight excluding hydrogens is 238 g/mol. The summed E-state index contributed by atoms with van der Waals surface area (Å²) in [6.45, 7) is 0.945. The van der Waals surface area contributed by atoms with E-state index in [1.807, 2.05) is 6.07 Å². The molecule has 0 unspecified atom stereocenters. The number of ether oxygens (including phenoxy) is 2. The standard InChI is InChI=1S/C13H18ClNO2/c1-16-11-7-9(5-6-15-10-3-4-10)13(14)12(8-11)17-2/h7-8,10,15H,3-6H2,1-2H3. The van der Waals surface area contributed by atoms with Gasteiger partial charge in [0.1, 0.15) is 11.5 Å². The lowest BCUT2D eigenvalue weighted by Gasteiger charge is -2.11. The van der Waals surface area contributed by atoms with E-state index in [-0.39, 0.29) is 0 Å². The van der Waals surface area contributed by atoms with Crippen LogP contribution < -0.4 is 14.8 Å². The van der Waals surface area contributed by atoms with Crippen molar-refractivity contribution < 1.29 is 9.47 Å². The van der Waals surface area contributed by atoms with Crippen LogP contribution in [-0.4, -0.2) is 26.8 Å². The molecule has 4 heteroatoms. The quantitative estimate of drug-likeness (QED) is 0.848. The minimum absolute atomic E-state index is 0.674. The molecule has 0 saturated heterocycles. The van der Waals surface area contributed by atoms with Gasteiger partial charge >= 0.3 is 0 Å². The minimum Gasteiger partial charge on any atom is -0.497 e. The number of halogens is 1. The van der Waals surface area contributed by atoms with Crippen LogP contribution in [0.1, 0.15) is 18.4 Å². The summed E-state index contributed by atoms with van der Waals surface area (Å²) in [5.74, 6) is 1.46. The average Bonchev–Trinajstić information content (AvgIpc) is 3.15. The summed E-state index contributed by atoms with van der Waals surface area (Å²) in [6.07, 6.45) is 3.49. The fraction of sp³-hybridized carbons (Fsp3) is 0.538. The van der Waals surface area contributed by atoms with Gasteiger partial charge in [0.05, 0.1) is 19.2 Å². The summed E-state index contributed by atoms with van der Waals surface area (Å²) in [7, 11) is 3.27. The monoisotopic (exact) mass is 255 g/mol. The Bertz CT molecular complexity index is 391. The average molecular weight is 256 g/mol. The molecule has 1 N–H and O–H groups in total. The van der Waals surface area contributed by atoms with E-state index in [2.05, 4.69) is 5.32 Å². The summed E-state index contributed by atoms with van der Waals surface area (Å²) in [6, 6.07) is 4.50. The summed E-state index contributed by atoms with van der Waals surface area (Å²) in [4.78, 5) is 0. The highest BCUT2D eigenvalue weighted by Gasteiger charge is 2.20. The molecule has 0 spiro atoms. The van der Waals surface area contributed by atoms with Crippen LogP contribution in [-0.2, 0) is 6.42 Å². The van der Waals surface area contributed by atoms with Crippen LogP contribution in [0.25, 0.3) is 0 Å². The maximum absolute atomic E-state index is 6.26. The number of methoxy groups -OCH3 is 2. The van der Waals surface area contributed by atoms with Gasteiger partial charge in [0.2, 0.25) is 0 Å². The second kappa shape index (κ2) is 5.61. The zero-order valence-corrected chi connectivity index (χ0v) is 11.0. The first-order chi connectivity index (χ1) is 8.24. The van der Waals surface area contributed by atoms with Gasteiger partial charge in [-0.2, -0.15) is 0 Å². The predicted molar refractivity (Wildman–Crippen MR) is 69.3 cm³/mol. The van der Waals surface area contributed by atoms with Crippen molar-refractivity contribution in [2.24, 2.45) is 0 Å². The van der Waals surface area contributed by atoms with E-state index in [4.69, 9.17) is 21.1 Å². The van der Waals surface area contributed by atoms with Crippen LogP contribution in [0.5, 0.6) is 11.5 Å². The van der Waals surface area contributed by atoms with Gasteiger partial charge in [0.25, 0.3) is 0 Å². The lowest BCUT2D eigenvalue weighted by molar-refractivity contribution is 0.393. The molecule has 1 aliphatic carbocycles. The van der Waals surface area contributed by atoms with Crippen LogP contribution in [0.3, 0.4) is 0 Å². The van der Waals surface area contributed by atoms with Crippen LogP contribution in [0.2, 0.25) is 5.02 Å². The Morgan fingerprint density at radius 2 is 2.06 bits per heavy atom. The third-order valence-electron chi connectivity index (χ3n) is 2.95. The molecule has 0 atom stereocenters. The summed E-state index contributed by atoms with van der Waals surface area (Å²) >= 11 is 6.26. The molecule has 2 rings (SSSR count). The first kappa shape index (κ1) is 12.5. The van der Waals surface area contributed by atoms with Gasteiger partial charge in [-0.1, -0.05) is 11.6 Å². The highest BCUT2D eigenvalue weighted by Crippen LogP contribution is 2.33. The Morgan fingerprint density at radius 1 is 1.29 bits per heavy atom. The molecule has 1 aromatic carbocycles. The maximum Gasteiger partial charge on any atom is 0.141 e. The van der Waals surface area contributed by atoms with Crippen LogP contribution in [0.4, 0.5) is 0 Å². The lowest BCUT2D eigenvalue weighted by Crippen LogP contribution is -2.19. The smallest absolute Gasteiger partial charge is 0.141 e. The van der Waals surface area contributed by atoms with Crippen molar-refractivity contribution >= 4 is 11.6 Å². The van der Waals surface area contributed by atoms with E-state index in [0.29, 0.717) is 10.8 Å². The predicted octanol–water partition coefficient (Wildman–Crippen LogP) is 2.65. The van der Waals surface area contributed by atoms with Crippen molar-refractivity contribution in [2.75, 3.05) is 20.8 Å². The maximum atomic E-state index is 6.26. The number of hydrogen-bond donors (Lipinski definition) is 1. The van der Waals surface area contributed by atoms with Gasteiger partial charge in [-0.05, 0) is 37.4 Å². The first-order valence-corrected chi connectivity index (χ1v) is 6.26. The summed E-state index contributed by atoms with van der Waals surface area (Å²) < 4.78 is 10.5. The zero-order valence-electron chi connectivity index (χ0n) is 10.3. The fourth-order valence-corrected chi connectivity index (χ4v) is 2.06. The Morgan fingerprint density at radius 3 is 2.65 bits per heavy atom. The number of rotatable bonds is 6. The van der Waals surface area contributed by atoms with Crippen LogP contribution >= 0.6 is 11.6 Å². The van der Waals surface area contributed by atoms with Crippen LogP contribution in [0.15, 0.2) is 12.1 Å². The number of hydrogen-bond acceptors (Lipinski definition) is 3.